The van der Waals surface area contributed by atoms with Gasteiger partial charge in [-0.2, -0.15) is 0 Å². The van der Waals surface area contributed by atoms with Crippen LogP contribution in [0, 0.1) is 6.92 Å². The van der Waals surface area contributed by atoms with Crippen LogP contribution in [0.3, 0.4) is 0 Å². The highest BCUT2D eigenvalue weighted by molar-refractivity contribution is 14.0. The minimum absolute atomic E-state index is 0. The number of hydrogen-bond acceptors (Lipinski definition) is 5. The third-order valence-electron chi connectivity index (χ3n) is 4.38. The molecule has 1 aliphatic rings. The van der Waals surface area contributed by atoms with Crippen molar-refractivity contribution in [3.05, 3.63) is 29.8 Å². The molecule has 0 aromatic heterocycles. The molecule has 0 bridgehead atoms. The summed E-state index contributed by atoms with van der Waals surface area (Å²) in [6.45, 7) is 8.38. The number of benzene rings is 1. The van der Waals surface area contributed by atoms with Crippen molar-refractivity contribution in [2.45, 2.75) is 6.92 Å². The van der Waals surface area contributed by atoms with Crippen LogP contribution in [0.15, 0.2) is 29.3 Å². The number of aryl methyl sites for hydroxylation is 1. The Bertz CT molecular complexity index is 619. The smallest absolute Gasteiger partial charge is 0.243 e. The van der Waals surface area contributed by atoms with Gasteiger partial charge in [0, 0.05) is 40.3 Å². The van der Waals surface area contributed by atoms with Crippen LogP contribution in [0.2, 0.25) is 0 Å². The van der Waals surface area contributed by atoms with Gasteiger partial charge < -0.3 is 25.0 Å². The Morgan fingerprint density at radius 2 is 1.83 bits per heavy atom. The van der Waals surface area contributed by atoms with Gasteiger partial charge in [-0.25, -0.2) is 4.99 Å². The molecule has 1 heterocycles. The number of aliphatic imine (C=N–C) groups is 1. The molecule has 0 atom stereocenters. The van der Waals surface area contributed by atoms with Gasteiger partial charge >= 0.3 is 0 Å². The lowest BCUT2D eigenvalue weighted by molar-refractivity contribution is -0.127. The normalized spacial score (nSPS) is 14.7. The molecule has 1 aromatic carbocycles. The fraction of sp³-hybridized carbons (Fsp3) is 0.600. The summed E-state index contributed by atoms with van der Waals surface area (Å²) in [5.41, 5.74) is 1.20. The molecule has 2 rings (SSSR count). The molecule has 0 unspecified atom stereocenters. The van der Waals surface area contributed by atoms with Crippen molar-refractivity contribution in [3.8, 4) is 5.75 Å². The molecule has 0 aliphatic carbocycles. The summed E-state index contributed by atoms with van der Waals surface area (Å²) in [6.07, 6.45) is 0. The van der Waals surface area contributed by atoms with Crippen molar-refractivity contribution < 1.29 is 14.3 Å². The van der Waals surface area contributed by atoms with Gasteiger partial charge in [-0.1, -0.05) is 17.7 Å². The number of ether oxygens (including phenoxy) is 2. The van der Waals surface area contributed by atoms with Crippen molar-refractivity contribution in [1.29, 1.82) is 0 Å². The van der Waals surface area contributed by atoms with E-state index in [-0.39, 0.29) is 36.4 Å². The van der Waals surface area contributed by atoms with Gasteiger partial charge in [-0.15, -0.1) is 24.0 Å². The SMILES string of the molecule is Cc1ccc(OCCNC(=NCC(=O)N(C)C)NCCN2CCOCC2)cc1.I. The third kappa shape index (κ3) is 10.7. The van der Waals surface area contributed by atoms with Crippen molar-refractivity contribution in [2.75, 3.05) is 73.2 Å². The van der Waals surface area contributed by atoms with Gasteiger partial charge in [0.1, 0.15) is 18.9 Å². The quantitative estimate of drug-likeness (QED) is 0.219. The van der Waals surface area contributed by atoms with Crippen molar-refractivity contribution in [2.24, 2.45) is 4.99 Å². The van der Waals surface area contributed by atoms with E-state index in [2.05, 4.69) is 20.5 Å². The molecule has 0 saturated carbocycles. The van der Waals surface area contributed by atoms with Gasteiger partial charge in [0.25, 0.3) is 0 Å². The molecular formula is C20H34IN5O3. The van der Waals surface area contributed by atoms with E-state index in [4.69, 9.17) is 9.47 Å². The van der Waals surface area contributed by atoms with E-state index in [1.165, 1.54) is 10.5 Å². The molecule has 1 aliphatic heterocycles. The number of nitrogens with zero attached hydrogens (tertiary/aromatic N) is 3. The van der Waals surface area contributed by atoms with Gasteiger partial charge in [0.05, 0.1) is 19.8 Å². The number of morpholine rings is 1. The number of rotatable bonds is 9. The summed E-state index contributed by atoms with van der Waals surface area (Å²) in [6, 6.07) is 7.97. The first-order valence-corrected chi connectivity index (χ1v) is 9.76. The van der Waals surface area contributed by atoms with Crippen LogP contribution in [-0.4, -0.2) is 94.9 Å². The summed E-state index contributed by atoms with van der Waals surface area (Å²) in [4.78, 5) is 20.1. The highest BCUT2D eigenvalue weighted by Gasteiger charge is 2.10. The Morgan fingerprint density at radius 3 is 2.48 bits per heavy atom. The number of hydrogen-bond donors (Lipinski definition) is 2. The van der Waals surface area contributed by atoms with Crippen molar-refractivity contribution >= 4 is 35.8 Å². The molecule has 9 heteroatoms. The van der Waals surface area contributed by atoms with Crippen LogP contribution in [0.4, 0.5) is 0 Å². The van der Waals surface area contributed by atoms with E-state index in [1.54, 1.807) is 14.1 Å². The molecule has 2 N–H and O–H groups in total. The molecular weight excluding hydrogens is 485 g/mol. The maximum Gasteiger partial charge on any atom is 0.243 e. The predicted octanol–water partition coefficient (Wildman–Crippen LogP) is 0.947. The number of amides is 1. The maximum atomic E-state index is 11.8. The van der Waals surface area contributed by atoms with Crippen LogP contribution in [-0.2, 0) is 9.53 Å². The van der Waals surface area contributed by atoms with Crippen LogP contribution in [0.1, 0.15) is 5.56 Å². The molecule has 1 amide bonds. The number of nitrogens with one attached hydrogen (secondary N) is 2. The van der Waals surface area contributed by atoms with Gasteiger partial charge in [0.2, 0.25) is 5.91 Å². The van der Waals surface area contributed by atoms with E-state index >= 15 is 0 Å². The first kappa shape index (κ1) is 25.4. The zero-order valence-electron chi connectivity index (χ0n) is 17.6. The first-order chi connectivity index (χ1) is 13.5. The van der Waals surface area contributed by atoms with Crippen molar-refractivity contribution in [1.82, 2.24) is 20.4 Å². The Balaban J connectivity index is 0.00000420. The molecule has 29 heavy (non-hydrogen) atoms. The average molecular weight is 519 g/mol. The standard InChI is InChI=1S/C20H33N5O3.HI/c1-17-4-6-18(7-5-17)28-13-9-22-20(23-16-19(26)24(2)3)21-8-10-25-11-14-27-15-12-25;/h4-7H,8-16H2,1-3H3,(H2,21,22,23);1H. The Labute approximate surface area is 191 Å². The molecule has 1 aromatic rings. The van der Waals surface area contributed by atoms with Gasteiger partial charge in [-0.05, 0) is 19.1 Å². The summed E-state index contributed by atoms with van der Waals surface area (Å²) in [7, 11) is 3.46. The van der Waals surface area contributed by atoms with E-state index in [0.29, 0.717) is 19.1 Å². The second-order valence-electron chi connectivity index (χ2n) is 6.92. The zero-order chi connectivity index (χ0) is 20.2. The van der Waals surface area contributed by atoms with Crippen LogP contribution >= 0.6 is 24.0 Å². The average Bonchev–Trinajstić information content (AvgIpc) is 2.70. The lowest BCUT2D eigenvalue weighted by atomic mass is 10.2. The molecule has 1 fully saturated rings. The topological polar surface area (TPSA) is 78.4 Å². The predicted molar refractivity (Wildman–Crippen MR) is 126 cm³/mol. The molecule has 0 spiro atoms. The van der Waals surface area contributed by atoms with E-state index in [1.807, 2.05) is 31.2 Å². The number of guanidine groups is 1. The molecule has 164 valence electrons. The monoisotopic (exact) mass is 519 g/mol. The maximum absolute atomic E-state index is 11.8. The largest absolute Gasteiger partial charge is 0.492 e. The van der Waals surface area contributed by atoms with Crippen LogP contribution < -0.4 is 15.4 Å². The number of carbonyl (C=O) groups is 1. The number of carbonyl (C=O) groups excluding carboxylic acids is 1. The zero-order valence-corrected chi connectivity index (χ0v) is 20.0. The fourth-order valence-electron chi connectivity index (χ4n) is 2.59. The van der Waals surface area contributed by atoms with Crippen LogP contribution in [0.5, 0.6) is 5.75 Å². The lowest BCUT2D eigenvalue weighted by Crippen LogP contribution is -2.45. The highest BCUT2D eigenvalue weighted by atomic mass is 127. The molecule has 0 radical (unpaired) electrons. The summed E-state index contributed by atoms with van der Waals surface area (Å²) < 4.78 is 11.1. The summed E-state index contributed by atoms with van der Waals surface area (Å²) in [5, 5.41) is 6.53. The van der Waals surface area contributed by atoms with Gasteiger partial charge in [0.15, 0.2) is 5.96 Å². The van der Waals surface area contributed by atoms with Gasteiger partial charge in [-0.3, -0.25) is 9.69 Å². The lowest BCUT2D eigenvalue weighted by Gasteiger charge is -2.26. The van der Waals surface area contributed by atoms with E-state index in [0.717, 1.165) is 45.1 Å². The van der Waals surface area contributed by atoms with E-state index < -0.39 is 0 Å². The fourth-order valence-corrected chi connectivity index (χ4v) is 2.59. The van der Waals surface area contributed by atoms with Crippen molar-refractivity contribution in [3.63, 3.8) is 0 Å². The highest BCUT2D eigenvalue weighted by Crippen LogP contribution is 2.10. The molecule has 1 saturated heterocycles. The molecule has 8 nitrogen and oxygen atoms in total. The summed E-state index contributed by atoms with van der Waals surface area (Å²) in [5.74, 6) is 1.43. The van der Waals surface area contributed by atoms with Crippen LogP contribution in [0.25, 0.3) is 0 Å². The Hall–Kier alpha value is -1.59. The second kappa shape index (κ2) is 14.4. The third-order valence-corrected chi connectivity index (χ3v) is 4.38. The Morgan fingerprint density at radius 1 is 1.17 bits per heavy atom. The number of likely N-dealkylation sites (N-methyl/N-ethyl adjacent to an activating group) is 1. The Kier molecular flexibility index (Phi) is 12.6. The minimum Gasteiger partial charge on any atom is -0.492 e. The second-order valence-corrected chi connectivity index (χ2v) is 6.92. The minimum atomic E-state index is -0.0369. The van der Waals surface area contributed by atoms with E-state index in [9.17, 15) is 4.79 Å². The first-order valence-electron chi connectivity index (χ1n) is 9.76. The summed E-state index contributed by atoms with van der Waals surface area (Å²) >= 11 is 0. The number of halogens is 1.